The van der Waals surface area contributed by atoms with Crippen LogP contribution in [0.1, 0.15) is 38.7 Å². The van der Waals surface area contributed by atoms with Gasteiger partial charge in [-0.3, -0.25) is 13.9 Å². The van der Waals surface area contributed by atoms with Crippen molar-refractivity contribution in [1.29, 1.82) is 0 Å². The first kappa shape index (κ1) is 26.2. The number of hydrogen-bond donors (Lipinski definition) is 1. The Bertz CT molecular complexity index is 1390. The fourth-order valence-electron chi connectivity index (χ4n) is 4.53. The number of carbonyl (C=O) groups excluding carboxylic acids is 2. The molecule has 2 amide bonds. The van der Waals surface area contributed by atoms with Crippen LogP contribution in [0.4, 0.5) is 5.69 Å². The van der Waals surface area contributed by atoms with E-state index in [2.05, 4.69) is 21.2 Å². The van der Waals surface area contributed by atoms with Crippen LogP contribution in [0, 0.1) is 0 Å². The molecule has 0 saturated heterocycles. The monoisotopic (exact) mass is 571 g/mol. The molecule has 1 atom stereocenters. The number of anilines is 1. The van der Waals surface area contributed by atoms with Gasteiger partial charge in [0.25, 0.3) is 10.0 Å². The number of halogens is 1. The fourth-order valence-corrected chi connectivity index (χ4v) is 6.72. The highest BCUT2D eigenvalue weighted by Gasteiger charge is 2.35. The topological polar surface area (TPSA) is 86.8 Å². The van der Waals surface area contributed by atoms with Crippen LogP contribution in [0.15, 0.2) is 70.0 Å². The Hall–Kier alpha value is -2.91. The summed E-state index contributed by atoms with van der Waals surface area (Å²) in [7, 11) is -3.67. The molecule has 4 rings (SSSR count). The van der Waals surface area contributed by atoms with E-state index in [1.165, 1.54) is 4.31 Å². The average molecular weight is 573 g/mol. The Morgan fingerprint density at radius 2 is 1.81 bits per heavy atom. The van der Waals surface area contributed by atoms with Gasteiger partial charge in [0.05, 0.1) is 10.6 Å². The minimum atomic E-state index is -3.67. The van der Waals surface area contributed by atoms with E-state index in [0.717, 1.165) is 27.2 Å². The molecule has 0 saturated carbocycles. The van der Waals surface area contributed by atoms with Crippen molar-refractivity contribution in [2.45, 2.75) is 50.6 Å². The van der Waals surface area contributed by atoms with Gasteiger partial charge < -0.3 is 10.2 Å². The number of hydrogen-bond acceptors (Lipinski definition) is 4. The third kappa shape index (κ3) is 5.27. The van der Waals surface area contributed by atoms with Crippen LogP contribution in [-0.4, -0.2) is 44.3 Å². The Labute approximate surface area is 220 Å². The smallest absolute Gasteiger partial charge is 0.265 e. The van der Waals surface area contributed by atoms with Gasteiger partial charge in [-0.15, -0.1) is 0 Å². The van der Waals surface area contributed by atoms with Gasteiger partial charge in [0.15, 0.2) is 0 Å². The van der Waals surface area contributed by atoms with E-state index in [-0.39, 0.29) is 31.3 Å². The molecule has 0 fully saturated rings. The predicted molar refractivity (Wildman–Crippen MR) is 145 cm³/mol. The van der Waals surface area contributed by atoms with E-state index in [4.69, 9.17) is 0 Å². The molecule has 9 heteroatoms. The largest absolute Gasteiger partial charge is 0.354 e. The van der Waals surface area contributed by atoms with Crippen LogP contribution in [0.2, 0.25) is 0 Å². The molecule has 0 aromatic heterocycles. The molecule has 1 N–H and O–H groups in total. The molecule has 0 radical (unpaired) electrons. The van der Waals surface area contributed by atoms with E-state index >= 15 is 0 Å². The summed E-state index contributed by atoms with van der Waals surface area (Å²) in [6.45, 7) is 4.71. The van der Waals surface area contributed by atoms with Crippen molar-refractivity contribution in [3.05, 3.63) is 70.7 Å². The molecule has 0 spiro atoms. The third-order valence-electron chi connectivity index (χ3n) is 6.39. The molecule has 3 aromatic carbocycles. The first-order valence-electron chi connectivity index (χ1n) is 12.1. The lowest BCUT2D eigenvalue weighted by atomic mass is 10.1. The van der Waals surface area contributed by atoms with Gasteiger partial charge in [0.1, 0.15) is 6.04 Å². The first-order valence-corrected chi connectivity index (χ1v) is 14.3. The number of carbonyl (C=O) groups is 2. The number of benzene rings is 3. The summed E-state index contributed by atoms with van der Waals surface area (Å²) in [6, 6.07) is 17.8. The summed E-state index contributed by atoms with van der Waals surface area (Å²) < 4.78 is 28.7. The minimum absolute atomic E-state index is 0.123. The molecule has 3 aromatic rings. The Morgan fingerprint density at radius 3 is 2.53 bits per heavy atom. The van der Waals surface area contributed by atoms with Crippen LogP contribution >= 0.6 is 15.9 Å². The highest BCUT2D eigenvalue weighted by Crippen LogP contribution is 2.42. The standard InChI is InChI=1S/C27H30BrN3O4S/c1-3-15-29-27(33)19(2)30(18-20-8-4-11-22(28)17-20)25(32)14-7-16-31-23-12-5-9-21-10-6-13-24(26(21)23)36(31,34)35/h4-6,8-13,17,19H,3,7,14-16,18H2,1-2H3,(H,29,33)/t19-/m0/s1. The fraction of sp³-hybridized carbons (Fsp3) is 0.333. The van der Waals surface area contributed by atoms with E-state index in [1.807, 2.05) is 49.4 Å². The molecule has 1 aliphatic rings. The molecule has 190 valence electrons. The van der Waals surface area contributed by atoms with Crippen LogP contribution in [0.5, 0.6) is 0 Å². The van der Waals surface area contributed by atoms with Gasteiger partial charge in [-0.25, -0.2) is 8.42 Å². The zero-order chi connectivity index (χ0) is 25.9. The van der Waals surface area contributed by atoms with Crippen LogP contribution in [0.25, 0.3) is 10.8 Å². The second kappa shape index (κ2) is 11.0. The molecule has 0 aliphatic carbocycles. The number of nitrogens with zero attached hydrogens (tertiary/aromatic N) is 2. The van der Waals surface area contributed by atoms with Gasteiger partial charge in [-0.05, 0) is 55.0 Å². The van der Waals surface area contributed by atoms with E-state index in [0.29, 0.717) is 23.5 Å². The average Bonchev–Trinajstić information content (AvgIpc) is 3.08. The zero-order valence-electron chi connectivity index (χ0n) is 20.4. The maximum atomic E-state index is 13.4. The molecule has 36 heavy (non-hydrogen) atoms. The lowest BCUT2D eigenvalue weighted by molar-refractivity contribution is -0.140. The quantitative estimate of drug-likeness (QED) is 0.377. The molecule has 7 nitrogen and oxygen atoms in total. The summed E-state index contributed by atoms with van der Waals surface area (Å²) in [5.74, 6) is -0.397. The van der Waals surface area contributed by atoms with E-state index in [1.54, 1.807) is 30.0 Å². The summed E-state index contributed by atoms with van der Waals surface area (Å²) >= 11 is 3.46. The Kier molecular flexibility index (Phi) is 8.00. The number of rotatable bonds is 10. The highest BCUT2D eigenvalue weighted by molar-refractivity contribution is 9.10. The second-order valence-electron chi connectivity index (χ2n) is 8.93. The molecular formula is C27H30BrN3O4S. The maximum absolute atomic E-state index is 13.4. The van der Waals surface area contributed by atoms with Crippen LogP contribution < -0.4 is 9.62 Å². The van der Waals surface area contributed by atoms with Gasteiger partial charge in [0, 0.05) is 35.9 Å². The Balaban J connectivity index is 1.49. The SMILES string of the molecule is CCCNC(=O)[C@H](C)N(Cc1cccc(Br)c1)C(=O)CCCN1c2cccc3cccc(c23)S1(=O)=O. The minimum Gasteiger partial charge on any atom is -0.354 e. The van der Waals surface area contributed by atoms with Crippen molar-refractivity contribution >= 4 is 54.2 Å². The second-order valence-corrected chi connectivity index (χ2v) is 11.7. The molecule has 0 bridgehead atoms. The first-order chi connectivity index (χ1) is 17.2. The molecule has 1 aliphatic heterocycles. The van der Waals surface area contributed by atoms with Crippen molar-refractivity contribution in [1.82, 2.24) is 10.2 Å². The van der Waals surface area contributed by atoms with Crippen molar-refractivity contribution in [3.8, 4) is 0 Å². The summed E-state index contributed by atoms with van der Waals surface area (Å²) in [5.41, 5.74) is 1.55. The van der Waals surface area contributed by atoms with Crippen molar-refractivity contribution in [3.63, 3.8) is 0 Å². The van der Waals surface area contributed by atoms with E-state index < -0.39 is 16.1 Å². The number of nitrogens with one attached hydrogen (secondary N) is 1. The number of amides is 2. The highest BCUT2D eigenvalue weighted by atomic mass is 79.9. The normalized spacial score (nSPS) is 14.6. The number of sulfonamides is 1. The van der Waals surface area contributed by atoms with Gasteiger partial charge in [0.2, 0.25) is 11.8 Å². The molecular weight excluding hydrogens is 542 g/mol. The predicted octanol–water partition coefficient (Wildman–Crippen LogP) is 4.83. The zero-order valence-corrected chi connectivity index (χ0v) is 22.8. The van der Waals surface area contributed by atoms with Crippen molar-refractivity contribution < 1.29 is 18.0 Å². The lowest BCUT2D eigenvalue weighted by Gasteiger charge is -2.29. The van der Waals surface area contributed by atoms with Gasteiger partial charge >= 0.3 is 0 Å². The van der Waals surface area contributed by atoms with Crippen LogP contribution in [-0.2, 0) is 26.2 Å². The van der Waals surface area contributed by atoms with Crippen molar-refractivity contribution in [2.24, 2.45) is 0 Å². The summed E-state index contributed by atoms with van der Waals surface area (Å²) in [5, 5.41) is 4.47. The van der Waals surface area contributed by atoms with Crippen molar-refractivity contribution in [2.75, 3.05) is 17.4 Å². The lowest BCUT2D eigenvalue weighted by Crippen LogP contribution is -2.47. The van der Waals surface area contributed by atoms with Crippen LogP contribution in [0.3, 0.4) is 0 Å². The Morgan fingerprint density at radius 1 is 1.08 bits per heavy atom. The van der Waals surface area contributed by atoms with Gasteiger partial charge in [-0.1, -0.05) is 59.3 Å². The summed E-state index contributed by atoms with van der Waals surface area (Å²) in [6.07, 6.45) is 1.26. The maximum Gasteiger partial charge on any atom is 0.265 e. The molecule has 1 heterocycles. The third-order valence-corrected chi connectivity index (χ3v) is 8.74. The van der Waals surface area contributed by atoms with E-state index in [9.17, 15) is 18.0 Å². The van der Waals surface area contributed by atoms with Gasteiger partial charge in [-0.2, -0.15) is 0 Å². The molecule has 0 unspecified atom stereocenters. The summed E-state index contributed by atoms with van der Waals surface area (Å²) in [4.78, 5) is 27.9.